The van der Waals surface area contributed by atoms with Crippen LogP contribution in [0.5, 0.6) is 5.75 Å². The van der Waals surface area contributed by atoms with Gasteiger partial charge < -0.3 is 24.0 Å². The number of likely N-dealkylation sites (tertiary alicyclic amines) is 1. The monoisotopic (exact) mass is 412 g/mol. The number of aromatic nitrogens is 1. The molecule has 160 valence electrons. The van der Waals surface area contributed by atoms with Gasteiger partial charge in [0.25, 0.3) is 5.91 Å². The van der Waals surface area contributed by atoms with Crippen LogP contribution >= 0.6 is 0 Å². The number of rotatable bonds is 4. The summed E-state index contributed by atoms with van der Waals surface area (Å²) in [6, 6.07) is 9.07. The Hall–Kier alpha value is -2.87. The van der Waals surface area contributed by atoms with Gasteiger partial charge in [0.1, 0.15) is 5.75 Å². The lowest BCUT2D eigenvalue weighted by molar-refractivity contribution is -0.138. The number of carbonyl (C=O) groups is 2. The first-order valence-electron chi connectivity index (χ1n) is 10.4. The predicted octanol–water partition coefficient (Wildman–Crippen LogP) is 1.98. The molecule has 0 radical (unpaired) electrons. The zero-order chi connectivity index (χ0) is 21.1. The maximum Gasteiger partial charge on any atom is 0.276 e. The molecule has 0 N–H and O–H groups in total. The van der Waals surface area contributed by atoms with Gasteiger partial charge in [-0.25, -0.2) is 0 Å². The number of nitrogens with zero attached hydrogens (tertiary/aromatic N) is 4. The minimum absolute atomic E-state index is 0.143. The molecule has 8 nitrogen and oxygen atoms in total. The Morgan fingerprint density at radius 3 is 2.67 bits per heavy atom. The van der Waals surface area contributed by atoms with E-state index in [0.717, 1.165) is 44.6 Å². The molecule has 2 amide bonds. The molecule has 8 heteroatoms. The predicted molar refractivity (Wildman–Crippen MR) is 111 cm³/mol. The lowest BCUT2D eigenvalue weighted by Crippen LogP contribution is -2.52. The molecular formula is C22H28N4O4. The Bertz CT molecular complexity index is 904. The van der Waals surface area contributed by atoms with E-state index in [4.69, 9.17) is 9.26 Å². The number of carbonyl (C=O) groups excluding carboxylic acids is 2. The molecule has 2 aliphatic heterocycles. The number of hydrogen-bond donors (Lipinski definition) is 0. The van der Waals surface area contributed by atoms with Crippen LogP contribution in [-0.2, 0) is 4.79 Å². The van der Waals surface area contributed by atoms with Crippen LogP contribution in [-0.4, -0.2) is 85.1 Å². The molecule has 4 rings (SSSR count). The molecule has 2 saturated heterocycles. The number of likely N-dealkylation sites (N-methyl/N-ethyl adjacent to an activating group) is 1. The Morgan fingerprint density at radius 1 is 1.10 bits per heavy atom. The normalized spacial score (nSPS) is 20.3. The first-order chi connectivity index (χ1) is 14.5. The highest BCUT2D eigenvalue weighted by Gasteiger charge is 2.33. The maximum absolute atomic E-state index is 13.0. The summed E-state index contributed by atoms with van der Waals surface area (Å²) in [5.41, 5.74) is 1.06. The zero-order valence-corrected chi connectivity index (χ0v) is 17.5. The molecule has 30 heavy (non-hydrogen) atoms. The molecule has 3 heterocycles. The van der Waals surface area contributed by atoms with Gasteiger partial charge >= 0.3 is 0 Å². The van der Waals surface area contributed by atoms with Crippen LogP contribution in [0, 0.1) is 5.92 Å². The highest BCUT2D eigenvalue weighted by atomic mass is 16.5. The number of piperazine rings is 1. The third-order valence-corrected chi connectivity index (χ3v) is 5.96. The van der Waals surface area contributed by atoms with Gasteiger partial charge in [-0.05, 0) is 32.0 Å². The summed E-state index contributed by atoms with van der Waals surface area (Å²) >= 11 is 0. The largest absolute Gasteiger partial charge is 0.497 e. The number of piperidine rings is 1. The third-order valence-electron chi connectivity index (χ3n) is 5.96. The van der Waals surface area contributed by atoms with Crippen molar-refractivity contribution < 1.29 is 18.8 Å². The van der Waals surface area contributed by atoms with Crippen LogP contribution in [0.4, 0.5) is 0 Å². The van der Waals surface area contributed by atoms with E-state index in [1.54, 1.807) is 18.1 Å². The van der Waals surface area contributed by atoms with Crippen LogP contribution < -0.4 is 4.74 Å². The Morgan fingerprint density at radius 2 is 1.90 bits per heavy atom. The van der Waals surface area contributed by atoms with E-state index in [2.05, 4.69) is 17.1 Å². The lowest BCUT2D eigenvalue weighted by atomic mass is 9.96. The van der Waals surface area contributed by atoms with E-state index in [0.29, 0.717) is 24.6 Å². The Balaban J connectivity index is 1.42. The molecule has 2 fully saturated rings. The van der Waals surface area contributed by atoms with E-state index in [1.165, 1.54) is 0 Å². The van der Waals surface area contributed by atoms with Gasteiger partial charge in [-0.15, -0.1) is 0 Å². The van der Waals surface area contributed by atoms with Gasteiger partial charge in [0, 0.05) is 50.9 Å². The van der Waals surface area contributed by atoms with Crippen LogP contribution in [0.3, 0.4) is 0 Å². The van der Waals surface area contributed by atoms with Crippen molar-refractivity contribution in [1.29, 1.82) is 0 Å². The van der Waals surface area contributed by atoms with E-state index < -0.39 is 0 Å². The molecule has 1 atom stereocenters. The summed E-state index contributed by atoms with van der Waals surface area (Å²) in [4.78, 5) is 31.8. The molecule has 2 aromatic rings. The molecule has 0 aliphatic carbocycles. The molecule has 2 aliphatic rings. The Labute approximate surface area is 176 Å². The molecule has 0 spiro atoms. The fourth-order valence-electron chi connectivity index (χ4n) is 4.10. The second-order valence-electron chi connectivity index (χ2n) is 8.03. The topological polar surface area (TPSA) is 79.1 Å². The summed E-state index contributed by atoms with van der Waals surface area (Å²) in [6.07, 6.45) is 1.64. The fourth-order valence-corrected chi connectivity index (χ4v) is 4.10. The van der Waals surface area contributed by atoms with Crippen LogP contribution in [0.2, 0.25) is 0 Å². The maximum atomic E-state index is 13.0. The second-order valence-corrected chi connectivity index (χ2v) is 8.03. The van der Waals surface area contributed by atoms with Crippen molar-refractivity contribution in [3.05, 3.63) is 36.0 Å². The van der Waals surface area contributed by atoms with Gasteiger partial charge in [-0.3, -0.25) is 9.59 Å². The summed E-state index contributed by atoms with van der Waals surface area (Å²) in [6.45, 7) is 4.37. The molecule has 1 unspecified atom stereocenters. The van der Waals surface area contributed by atoms with E-state index in [-0.39, 0.29) is 23.4 Å². The summed E-state index contributed by atoms with van der Waals surface area (Å²) in [5.74, 6) is 1.05. The Kier molecular flexibility index (Phi) is 6.03. The molecular weight excluding hydrogens is 384 g/mol. The number of ether oxygens (including phenoxy) is 1. The van der Waals surface area contributed by atoms with E-state index in [9.17, 15) is 9.59 Å². The average molecular weight is 412 g/mol. The number of methoxy groups -OCH3 is 1. The van der Waals surface area contributed by atoms with Gasteiger partial charge in [0.2, 0.25) is 5.91 Å². The van der Waals surface area contributed by atoms with Gasteiger partial charge in [0.05, 0.1) is 13.0 Å². The summed E-state index contributed by atoms with van der Waals surface area (Å²) in [7, 11) is 3.67. The second kappa shape index (κ2) is 8.87. The molecule has 1 aromatic carbocycles. The van der Waals surface area contributed by atoms with Crippen molar-refractivity contribution >= 4 is 11.8 Å². The molecule has 1 aromatic heterocycles. The average Bonchev–Trinajstić information content (AvgIpc) is 3.29. The van der Waals surface area contributed by atoms with Crippen molar-refractivity contribution in [2.45, 2.75) is 12.8 Å². The SMILES string of the molecule is COc1cccc(-c2cc(C(=O)N3CCCC(C(=O)N4CCN(C)CC4)C3)no2)c1. The third kappa shape index (κ3) is 4.33. The zero-order valence-electron chi connectivity index (χ0n) is 17.5. The first-order valence-corrected chi connectivity index (χ1v) is 10.4. The van der Waals surface area contributed by atoms with Gasteiger partial charge in [0.15, 0.2) is 11.5 Å². The number of hydrogen-bond acceptors (Lipinski definition) is 6. The van der Waals surface area contributed by atoms with Crippen molar-refractivity contribution in [3.63, 3.8) is 0 Å². The molecule has 0 bridgehead atoms. The highest BCUT2D eigenvalue weighted by molar-refractivity contribution is 5.93. The lowest BCUT2D eigenvalue weighted by Gasteiger charge is -2.37. The van der Waals surface area contributed by atoms with Crippen LogP contribution in [0.1, 0.15) is 23.3 Å². The standard InChI is InChI=1S/C22H28N4O4/c1-24-9-11-25(12-10-24)21(27)17-6-4-8-26(15-17)22(28)19-14-20(30-23-19)16-5-3-7-18(13-16)29-2/h3,5,7,13-14,17H,4,6,8-12,15H2,1-2H3. The van der Waals surface area contributed by atoms with Crippen LogP contribution in [0.15, 0.2) is 34.9 Å². The minimum atomic E-state index is -0.191. The van der Waals surface area contributed by atoms with Crippen molar-refractivity contribution in [2.24, 2.45) is 5.92 Å². The van der Waals surface area contributed by atoms with E-state index >= 15 is 0 Å². The van der Waals surface area contributed by atoms with E-state index in [1.807, 2.05) is 29.2 Å². The van der Waals surface area contributed by atoms with Crippen LogP contribution in [0.25, 0.3) is 11.3 Å². The summed E-state index contributed by atoms with van der Waals surface area (Å²) < 4.78 is 10.6. The highest BCUT2D eigenvalue weighted by Crippen LogP contribution is 2.26. The number of benzene rings is 1. The first kappa shape index (κ1) is 20.4. The molecule has 0 saturated carbocycles. The van der Waals surface area contributed by atoms with Crippen molar-refractivity contribution in [2.75, 3.05) is 53.4 Å². The fraction of sp³-hybridized carbons (Fsp3) is 0.500. The van der Waals surface area contributed by atoms with Crippen molar-refractivity contribution in [3.8, 4) is 17.1 Å². The van der Waals surface area contributed by atoms with Gasteiger partial charge in [-0.2, -0.15) is 0 Å². The summed E-state index contributed by atoms with van der Waals surface area (Å²) in [5, 5.41) is 3.98. The minimum Gasteiger partial charge on any atom is -0.497 e. The smallest absolute Gasteiger partial charge is 0.276 e. The quantitative estimate of drug-likeness (QED) is 0.764. The number of amides is 2. The van der Waals surface area contributed by atoms with Gasteiger partial charge in [-0.1, -0.05) is 17.3 Å². The van der Waals surface area contributed by atoms with Crippen molar-refractivity contribution in [1.82, 2.24) is 19.9 Å².